The number of carbonyl (C=O) groups excluding carboxylic acids is 1. The summed E-state index contributed by atoms with van der Waals surface area (Å²) in [6.45, 7) is -2.84. The van der Waals surface area contributed by atoms with Gasteiger partial charge >= 0.3 is 6.61 Å². The molecule has 0 saturated carbocycles. The van der Waals surface area contributed by atoms with Crippen LogP contribution >= 0.6 is 0 Å². The molecule has 0 saturated heterocycles. The minimum absolute atomic E-state index is 0.0201. The number of hydrogen-bond donors (Lipinski definition) is 0. The SMILES string of the molecule is CN(Cc1ccccc1F)C(=O)/C=C/c1ccccc1OC(F)F. The van der Waals surface area contributed by atoms with E-state index in [0.717, 1.165) is 0 Å². The fraction of sp³-hybridized carbons (Fsp3) is 0.167. The van der Waals surface area contributed by atoms with Gasteiger partial charge in [-0.15, -0.1) is 0 Å². The van der Waals surface area contributed by atoms with E-state index in [2.05, 4.69) is 4.74 Å². The van der Waals surface area contributed by atoms with E-state index in [1.165, 1.54) is 36.2 Å². The number of rotatable bonds is 6. The number of nitrogens with zero attached hydrogens (tertiary/aromatic N) is 1. The maximum absolute atomic E-state index is 13.6. The molecular formula is C18H16F3NO2. The van der Waals surface area contributed by atoms with Gasteiger partial charge in [0.25, 0.3) is 0 Å². The minimum Gasteiger partial charge on any atom is -0.434 e. The summed E-state index contributed by atoms with van der Waals surface area (Å²) in [5, 5.41) is 0. The number of benzene rings is 2. The molecule has 0 fully saturated rings. The molecule has 0 spiro atoms. The van der Waals surface area contributed by atoms with E-state index >= 15 is 0 Å². The van der Waals surface area contributed by atoms with Gasteiger partial charge in [-0.25, -0.2) is 4.39 Å². The number of ether oxygens (including phenoxy) is 1. The van der Waals surface area contributed by atoms with Crippen LogP contribution in [0.1, 0.15) is 11.1 Å². The molecule has 1 amide bonds. The number of hydrogen-bond acceptors (Lipinski definition) is 2. The highest BCUT2D eigenvalue weighted by Crippen LogP contribution is 2.21. The number of halogens is 3. The summed E-state index contributed by atoms with van der Waals surface area (Å²) in [7, 11) is 1.53. The van der Waals surface area contributed by atoms with Gasteiger partial charge in [-0.1, -0.05) is 36.4 Å². The third-order valence-electron chi connectivity index (χ3n) is 3.28. The largest absolute Gasteiger partial charge is 0.434 e. The normalized spacial score (nSPS) is 11.0. The Kier molecular flexibility index (Phi) is 6.01. The predicted octanol–water partition coefficient (Wildman–Crippen LogP) is 4.10. The van der Waals surface area contributed by atoms with Gasteiger partial charge in [0.2, 0.25) is 5.91 Å². The molecule has 0 aromatic heterocycles. The summed E-state index contributed by atoms with van der Waals surface area (Å²) in [6.07, 6.45) is 2.62. The Labute approximate surface area is 138 Å². The molecule has 126 valence electrons. The maximum atomic E-state index is 13.6. The van der Waals surface area contributed by atoms with Crippen LogP contribution in [0, 0.1) is 5.82 Å². The van der Waals surface area contributed by atoms with Crippen molar-refractivity contribution in [1.82, 2.24) is 4.90 Å². The second-order valence-electron chi connectivity index (χ2n) is 5.04. The van der Waals surface area contributed by atoms with Gasteiger partial charge in [-0.05, 0) is 18.2 Å². The Morgan fingerprint density at radius 2 is 1.83 bits per heavy atom. The van der Waals surface area contributed by atoms with Crippen LogP contribution in [0.2, 0.25) is 0 Å². The van der Waals surface area contributed by atoms with Crippen molar-refractivity contribution in [1.29, 1.82) is 0 Å². The van der Waals surface area contributed by atoms with Crippen LogP contribution in [0.25, 0.3) is 6.08 Å². The fourth-order valence-electron chi connectivity index (χ4n) is 2.07. The lowest BCUT2D eigenvalue weighted by atomic mass is 10.1. The first-order valence-electron chi connectivity index (χ1n) is 7.18. The van der Waals surface area contributed by atoms with Crippen LogP contribution in [0.5, 0.6) is 5.75 Å². The van der Waals surface area contributed by atoms with Crippen molar-refractivity contribution in [2.24, 2.45) is 0 Å². The Morgan fingerprint density at radius 1 is 1.17 bits per heavy atom. The number of amides is 1. The monoisotopic (exact) mass is 335 g/mol. The van der Waals surface area contributed by atoms with Gasteiger partial charge in [0.15, 0.2) is 0 Å². The molecule has 0 heterocycles. The molecule has 2 aromatic carbocycles. The lowest BCUT2D eigenvalue weighted by Gasteiger charge is -2.15. The fourth-order valence-corrected chi connectivity index (χ4v) is 2.07. The van der Waals surface area contributed by atoms with Crippen LogP contribution in [-0.2, 0) is 11.3 Å². The summed E-state index contributed by atoms with van der Waals surface area (Å²) >= 11 is 0. The molecule has 0 atom stereocenters. The van der Waals surface area contributed by atoms with Gasteiger partial charge < -0.3 is 9.64 Å². The Hall–Kier alpha value is -2.76. The van der Waals surface area contributed by atoms with Crippen LogP contribution in [0.3, 0.4) is 0 Å². The van der Waals surface area contributed by atoms with Crippen LogP contribution in [0.15, 0.2) is 54.6 Å². The summed E-state index contributed by atoms with van der Waals surface area (Å²) in [4.78, 5) is 13.4. The zero-order chi connectivity index (χ0) is 17.5. The minimum atomic E-state index is -2.95. The predicted molar refractivity (Wildman–Crippen MR) is 85.0 cm³/mol. The Morgan fingerprint density at radius 3 is 2.54 bits per heavy atom. The maximum Gasteiger partial charge on any atom is 0.387 e. The number of alkyl halides is 2. The summed E-state index contributed by atoms with van der Waals surface area (Å²) in [5.41, 5.74) is 0.744. The molecule has 0 unspecified atom stereocenters. The van der Waals surface area contributed by atoms with Gasteiger partial charge in [-0.2, -0.15) is 8.78 Å². The molecule has 0 radical (unpaired) electrons. The van der Waals surface area contributed by atoms with Crippen molar-refractivity contribution >= 4 is 12.0 Å². The molecule has 6 heteroatoms. The first-order chi connectivity index (χ1) is 11.5. The first kappa shape index (κ1) is 17.6. The van der Waals surface area contributed by atoms with Crippen LogP contribution in [0.4, 0.5) is 13.2 Å². The van der Waals surface area contributed by atoms with Crippen LogP contribution < -0.4 is 4.74 Å². The second-order valence-corrected chi connectivity index (χ2v) is 5.04. The van der Waals surface area contributed by atoms with Crippen molar-refractivity contribution in [3.8, 4) is 5.75 Å². The molecule has 0 N–H and O–H groups in total. The van der Waals surface area contributed by atoms with Crippen molar-refractivity contribution < 1.29 is 22.7 Å². The van der Waals surface area contributed by atoms with E-state index in [9.17, 15) is 18.0 Å². The third kappa shape index (κ3) is 4.87. The van der Waals surface area contributed by atoms with Crippen molar-refractivity contribution in [3.05, 3.63) is 71.6 Å². The zero-order valence-corrected chi connectivity index (χ0v) is 13.0. The Balaban J connectivity index is 2.06. The van der Waals surface area contributed by atoms with Gasteiger partial charge in [0, 0.05) is 30.8 Å². The lowest BCUT2D eigenvalue weighted by molar-refractivity contribution is -0.125. The lowest BCUT2D eigenvalue weighted by Crippen LogP contribution is -2.24. The number of para-hydroxylation sites is 1. The molecule has 24 heavy (non-hydrogen) atoms. The molecule has 0 aliphatic heterocycles. The Bertz CT molecular complexity index is 732. The first-order valence-corrected chi connectivity index (χ1v) is 7.18. The zero-order valence-electron chi connectivity index (χ0n) is 13.0. The molecule has 2 aromatic rings. The third-order valence-corrected chi connectivity index (χ3v) is 3.28. The summed E-state index contributed by atoms with van der Waals surface area (Å²) in [6, 6.07) is 12.3. The van der Waals surface area contributed by atoms with E-state index < -0.39 is 12.4 Å². The van der Waals surface area contributed by atoms with Gasteiger partial charge in [0.05, 0.1) is 0 Å². The van der Waals surface area contributed by atoms with Gasteiger partial charge in [-0.3, -0.25) is 4.79 Å². The topological polar surface area (TPSA) is 29.5 Å². The quantitative estimate of drug-likeness (QED) is 0.744. The standard InChI is InChI=1S/C18H16F3NO2/c1-22(12-14-7-2-4-8-15(14)19)17(23)11-10-13-6-3-5-9-16(13)24-18(20)21/h2-11,18H,12H2,1H3/b11-10+. The summed E-state index contributed by atoms with van der Waals surface area (Å²) < 4.78 is 42.7. The van der Waals surface area contributed by atoms with E-state index in [1.54, 1.807) is 36.4 Å². The molecule has 0 aliphatic carbocycles. The average Bonchev–Trinajstić information content (AvgIpc) is 2.55. The average molecular weight is 335 g/mol. The smallest absolute Gasteiger partial charge is 0.387 e. The highest BCUT2D eigenvalue weighted by atomic mass is 19.3. The molecular weight excluding hydrogens is 319 g/mol. The highest BCUT2D eigenvalue weighted by Gasteiger charge is 2.10. The van der Waals surface area contributed by atoms with Crippen molar-refractivity contribution in [3.63, 3.8) is 0 Å². The molecule has 0 aliphatic rings. The summed E-state index contributed by atoms with van der Waals surface area (Å²) in [5.74, 6) is -0.796. The van der Waals surface area contributed by atoms with E-state index in [-0.39, 0.29) is 18.2 Å². The second kappa shape index (κ2) is 8.19. The molecule has 0 bridgehead atoms. The molecule has 3 nitrogen and oxygen atoms in total. The van der Waals surface area contributed by atoms with Crippen molar-refractivity contribution in [2.75, 3.05) is 7.05 Å². The molecule has 2 rings (SSSR count). The van der Waals surface area contributed by atoms with E-state index in [0.29, 0.717) is 11.1 Å². The van der Waals surface area contributed by atoms with E-state index in [1.807, 2.05) is 0 Å². The highest BCUT2D eigenvalue weighted by molar-refractivity contribution is 5.92. The number of carbonyl (C=O) groups is 1. The van der Waals surface area contributed by atoms with Crippen molar-refractivity contribution in [2.45, 2.75) is 13.2 Å². The van der Waals surface area contributed by atoms with E-state index in [4.69, 9.17) is 0 Å². The van der Waals surface area contributed by atoms with Gasteiger partial charge in [0.1, 0.15) is 11.6 Å². The van der Waals surface area contributed by atoms with Crippen LogP contribution in [-0.4, -0.2) is 24.5 Å². The number of likely N-dealkylation sites (N-methyl/N-ethyl adjacent to an activating group) is 1.